The highest BCUT2D eigenvalue weighted by atomic mass is 127. The first-order chi connectivity index (χ1) is 14.2. The summed E-state index contributed by atoms with van der Waals surface area (Å²) in [5, 5.41) is 11.0. The molecule has 0 spiro atoms. The first kappa shape index (κ1) is 24.4. The van der Waals surface area contributed by atoms with Crippen LogP contribution in [0.2, 0.25) is 0 Å². The van der Waals surface area contributed by atoms with Gasteiger partial charge in [0.2, 0.25) is 0 Å². The van der Waals surface area contributed by atoms with Crippen LogP contribution in [-0.2, 0) is 23.1 Å². The Balaban J connectivity index is 0.00000320. The first-order valence-electron chi connectivity index (χ1n) is 10.1. The number of aryl methyl sites for hydroxylation is 1. The lowest BCUT2D eigenvalue weighted by Gasteiger charge is -2.34. The van der Waals surface area contributed by atoms with Crippen LogP contribution in [0.5, 0.6) is 0 Å². The summed E-state index contributed by atoms with van der Waals surface area (Å²) < 4.78 is 12.8. The number of methoxy groups -OCH3 is 1. The van der Waals surface area contributed by atoms with Gasteiger partial charge in [0.15, 0.2) is 5.96 Å². The van der Waals surface area contributed by atoms with Gasteiger partial charge in [-0.05, 0) is 24.6 Å². The van der Waals surface area contributed by atoms with Crippen LogP contribution in [0.25, 0.3) is 0 Å². The maximum absolute atomic E-state index is 5.96. The van der Waals surface area contributed by atoms with Crippen LogP contribution in [0, 0.1) is 0 Å². The van der Waals surface area contributed by atoms with Gasteiger partial charge in [0, 0.05) is 51.2 Å². The van der Waals surface area contributed by atoms with Gasteiger partial charge in [0.25, 0.3) is 0 Å². The Bertz CT molecular complexity index is 780. The molecule has 1 aliphatic rings. The lowest BCUT2D eigenvalue weighted by molar-refractivity contribution is -0.00805. The van der Waals surface area contributed by atoms with Crippen LogP contribution in [0.4, 0.5) is 5.69 Å². The Kier molecular flexibility index (Phi) is 10.4. The highest BCUT2D eigenvalue weighted by Crippen LogP contribution is 2.21. The number of ether oxygens (including phenoxy) is 2. The van der Waals surface area contributed by atoms with E-state index in [-0.39, 0.29) is 30.1 Å². The van der Waals surface area contributed by atoms with Crippen molar-refractivity contribution < 1.29 is 9.47 Å². The van der Waals surface area contributed by atoms with Gasteiger partial charge >= 0.3 is 0 Å². The summed E-state index contributed by atoms with van der Waals surface area (Å²) in [6.45, 7) is 7.31. The Hall–Kier alpha value is -1.85. The number of rotatable bonds is 8. The molecule has 2 aromatic rings. The van der Waals surface area contributed by atoms with Gasteiger partial charge in [-0.3, -0.25) is 4.68 Å². The molecule has 1 aliphatic heterocycles. The topological polar surface area (TPSA) is 75.9 Å². The van der Waals surface area contributed by atoms with Crippen LogP contribution >= 0.6 is 24.0 Å². The third-order valence-corrected chi connectivity index (χ3v) is 4.80. The Morgan fingerprint density at radius 1 is 1.33 bits per heavy atom. The number of hydrogen-bond donors (Lipinski definition) is 2. The molecule has 166 valence electrons. The second-order valence-corrected chi connectivity index (χ2v) is 7.04. The molecule has 0 bridgehead atoms. The molecule has 1 fully saturated rings. The minimum absolute atomic E-state index is 0. The predicted molar refractivity (Wildman–Crippen MR) is 131 cm³/mol. The third kappa shape index (κ3) is 7.13. The number of anilines is 1. The van der Waals surface area contributed by atoms with Gasteiger partial charge in [0.05, 0.1) is 32.5 Å². The highest BCUT2D eigenvalue weighted by molar-refractivity contribution is 14.0. The van der Waals surface area contributed by atoms with Gasteiger partial charge < -0.3 is 25.0 Å². The molecule has 9 heteroatoms. The van der Waals surface area contributed by atoms with Crippen molar-refractivity contribution in [1.82, 2.24) is 20.0 Å². The second-order valence-electron chi connectivity index (χ2n) is 7.04. The zero-order chi connectivity index (χ0) is 20.5. The lowest BCUT2D eigenvalue weighted by atomic mass is 10.1. The zero-order valence-electron chi connectivity index (χ0n) is 18.0. The summed E-state index contributed by atoms with van der Waals surface area (Å²) in [5.74, 6) is 0.923. The van der Waals surface area contributed by atoms with Crippen LogP contribution in [-0.4, -0.2) is 67.1 Å². The molecule has 1 aromatic carbocycles. The molecule has 1 saturated heterocycles. The Labute approximate surface area is 196 Å². The van der Waals surface area contributed by atoms with Crippen molar-refractivity contribution in [1.29, 1.82) is 0 Å². The SMILES string of the molecule is CCNC(=NCc1ccc(NCCOC)cc1)N1CCOC(c2cnn(C)c2)C1.I. The number of nitrogens with one attached hydrogen (secondary N) is 2. The summed E-state index contributed by atoms with van der Waals surface area (Å²) in [7, 11) is 3.63. The molecule has 1 atom stereocenters. The van der Waals surface area contributed by atoms with E-state index in [2.05, 4.69) is 51.8 Å². The summed E-state index contributed by atoms with van der Waals surface area (Å²) >= 11 is 0. The molecule has 2 N–H and O–H groups in total. The van der Waals surface area contributed by atoms with Crippen molar-refractivity contribution in [2.75, 3.05) is 51.8 Å². The molecule has 30 heavy (non-hydrogen) atoms. The normalized spacial score (nSPS) is 16.8. The van der Waals surface area contributed by atoms with Crippen molar-refractivity contribution in [3.8, 4) is 0 Å². The van der Waals surface area contributed by atoms with E-state index in [0.717, 1.165) is 43.4 Å². The monoisotopic (exact) mass is 528 g/mol. The maximum atomic E-state index is 5.96. The van der Waals surface area contributed by atoms with Gasteiger partial charge in [0.1, 0.15) is 6.10 Å². The van der Waals surface area contributed by atoms with Gasteiger partial charge in [-0.15, -0.1) is 24.0 Å². The molecule has 2 heterocycles. The fraction of sp³-hybridized carbons (Fsp3) is 0.524. The summed E-state index contributed by atoms with van der Waals surface area (Å²) in [6.07, 6.45) is 3.90. The van der Waals surface area contributed by atoms with Crippen LogP contribution < -0.4 is 10.6 Å². The molecule has 0 aliphatic carbocycles. The number of guanidine groups is 1. The van der Waals surface area contributed by atoms with E-state index in [1.165, 1.54) is 5.56 Å². The molecule has 0 amide bonds. The van der Waals surface area contributed by atoms with E-state index >= 15 is 0 Å². The van der Waals surface area contributed by atoms with E-state index in [1.54, 1.807) is 7.11 Å². The molecule has 8 nitrogen and oxygen atoms in total. The van der Waals surface area contributed by atoms with Crippen molar-refractivity contribution in [3.05, 3.63) is 47.8 Å². The van der Waals surface area contributed by atoms with Crippen molar-refractivity contribution >= 4 is 35.6 Å². The number of aromatic nitrogens is 2. The third-order valence-electron chi connectivity index (χ3n) is 4.80. The van der Waals surface area contributed by atoms with Gasteiger partial charge in [-0.25, -0.2) is 4.99 Å². The van der Waals surface area contributed by atoms with E-state index in [4.69, 9.17) is 14.5 Å². The average molecular weight is 528 g/mol. The maximum Gasteiger partial charge on any atom is 0.194 e. The molecule has 0 saturated carbocycles. The van der Waals surface area contributed by atoms with Gasteiger partial charge in [-0.1, -0.05) is 12.1 Å². The molecule has 0 radical (unpaired) electrons. The quantitative estimate of drug-likeness (QED) is 0.238. The largest absolute Gasteiger partial charge is 0.383 e. The summed E-state index contributed by atoms with van der Waals surface area (Å²) in [6, 6.07) is 8.39. The number of hydrogen-bond acceptors (Lipinski definition) is 5. The lowest BCUT2D eigenvalue weighted by Crippen LogP contribution is -2.48. The Morgan fingerprint density at radius 2 is 2.13 bits per heavy atom. The first-order valence-corrected chi connectivity index (χ1v) is 10.1. The average Bonchev–Trinajstić information content (AvgIpc) is 3.19. The van der Waals surface area contributed by atoms with Crippen molar-refractivity contribution in [2.24, 2.45) is 12.0 Å². The highest BCUT2D eigenvalue weighted by Gasteiger charge is 2.25. The fourth-order valence-electron chi connectivity index (χ4n) is 3.27. The van der Waals surface area contributed by atoms with E-state index in [0.29, 0.717) is 19.8 Å². The minimum atomic E-state index is 0. The van der Waals surface area contributed by atoms with E-state index in [1.807, 2.05) is 24.1 Å². The van der Waals surface area contributed by atoms with E-state index < -0.39 is 0 Å². The van der Waals surface area contributed by atoms with Crippen LogP contribution in [0.1, 0.15) is 24.2 Å². The number of morpholine rings is 1. The van der Waals surface area contributed by atoms with Crippen molar-refractivity contribution in [3.63, 3.8) is 0 Å². The summed E-state index contributed by atoms with van der Waals surface area (Å²) in [4.78, 5) is 7.13. The fourth-order valence-corrected chi connectivity index (χ4v) is 3.27. The smallest absolute Gasteiger partial charge is 0.194 e. The molecule has 1 unspecified atom stereocenters. The number of benzene rings is 1. The summed E-state index contributed by atoms with van der Waals surface area (Å²) in [5.41, 5.74) is 3.37. The number of nitrogens with zero attached hydrogens (tertiary/aromatic N) is 4. The standard InChI is InChI=1S/C21H32N6O2.HI/c1-4-22-21(24-13-17-5-7-19(8-6-17)23-9-11-28-3)27-10-12-29-20(16-27)18-14-25-26(2)15-18;/h5-8,14-15,20,23H,4,9-13,16H2,1-3H3,(H,22,24);1H. The van der Waals surface area contributed by atoms with Crippen LogP contribution in [0.3, 0.4) is 0 Å². The second kappa shape index (κ2) is 12.8. The molecule has 1 aromatic heterocycles. The minimum Gasteiger partial charge on any atom is -0.383 e. The molecular weight excluding hydrogens is 495 g/mol. The molecular formula is C21H33IN6O2. The predicted octanol–water partition coefficient (Wildman–Crippen LogP) is 2.64. The van der Waals surface area contributed by atoms with Gasteiger partial charge in [-0.2, -0.15) is 5.10 Å². The zero-order valence-corrected chi connectivity index (χ0v) is 20.3. The number of aliphatic imine (C=N–C) groups is 1. The number of halogens is 1. The van der Waals surface area contributed by atoms with E-state index in [9.17, 15) is 0 Å². The molecule has 3 rings (SSSR count). The van der Waals surface area contributed by atoms with Crippen molar-refractivity contribution in [2.45, 2.75) is 19.6 Å². The Morgan fingerprint density at radius 3 is 2.80 bits per heavy atom. The van der Waals surface area contributed by atoms with Crippen LogP contribution in [0.15, 0.2) is 41.7 Å².